The highest BCUT2D eigenvalue weighted by atomic mass is 35.5. The lowest BCUT2D eigenvalue weighted by Crippen LogP contribution is -2.35. The number of carbonyl (C=O) groups excluding carboxylic acids is 1. The van der Waals surface area contributed by atoms with E-state index < -0.39 is 0 Å². The van der Waals surface area contributed by atoms with Crippen LogP contribution in [0.3, 0.4) is 0 Å². The average Bonchev–Trinajstić information content (AvgIpc) is 2.77. The minimum atomic E-state index is -0.195. The van der Waals surface area contributed by atoms with Crippen molar-refractivity contribution in [3.63, 3.8) is 0 Å². The molecule has 1 aliphatic heterocycles. The van der Waals surface area contributed by atoms with Crippen molar-refractivity contribution in [3.05, 3.63) is 45.1 Å². The number of aromatic amines is 1. The van der Waals surface area contributed by atoms with Crippen molar-refractivity contribution in [2.45, 2.75) is 31.8 Å². The van der Waals surface area contributed by atoms with Crippen molar-refractivity contribution in [3.8, 4) is 0 Å². The quantitative estimate of drug-likeness (QED) is 0.790. The molecule has 8 heteroatoms. The summed E-state index contributed by atoms with van der Waals surface area (Å²) in [6, 6.07) is 5.16. The van der Waals surface area contributed by atoms with E-state index in [1.165, 1.54) is 0 Å². The van der Waals surface area contributed by atoms with Gasteiger partial charge in [-0.1, -0.05) is 11.6 Å². The normalized spacial score (nSPS) is 17.2. The van der Waals surface area contributed by atoms with Gasteiger partial charge in [-0.3, -0.25) is 9.36 Å². The predicted octanol–water partition coefficient (Wildman–Crippen LogP) is 1.40. The molecule has 3 N–H and O–H groups in total. The van der Waals surface area contributed by atoms with Crippen LogP contribution in [0.4, 0.5) is 5.69 Å². The first kappa shape index (κ1) is 15.6. The largest absolute Gasteiger partial charge is 0.387 e. The molecule has 0 bridgehead atoms. The molecule has 0 saturated heterocycles. The number of nitrogens with zero attached hydrogens (tertiary/aromatic N) is 2. The van der Waals surface area contributed by atoms with Gasteiger partial charge in [0.2, 0.25) is 0 Å². The summed E-state index contributed by atoms with van der Waals surface area (Å²) in [5, 5.41) is 13.0. The van der Waals surface area contributed by atoms with Crippen LogP contribution in [-0.2, 0) is 13.0 Å². The second kappa shape index (κ2) is 6.45. The van der Waals surface area contributed by atoms with Crippen molar-refractivity contribution in [1.82, 2.24) is 20.1 Å². The van der Waals surface area contributed by atoms with Gasteiger partial charge in [0.25, 0.3) is 5.91 Å². The number of hydrogen-bond donors (Lipinski definition) is 3. The number of aryl methyl sites for hydroxylation is 1. The Balaban J connectivity index is 1.72. The van der Waals surface area contributed by atoms with E-state index in [-0.39, 0.29) is 17.6 Å². The highest BCUT2D eigenvalue weighted by molar-refractivity contribution is 6.31. The first-order valence-electron chi connectivity index (χ1n) is 7.50. The zero-order valence-electron chi connectivity index (χ0n) is 12.7. The minimum Gasteiger partial charge on any atom is -0.387 e. The predicted molar refractivity (Wildman–Crippen MR) is 88.0 cm³/mol. The third-order valence-electron chi connectivity index (χ3n) is 4.09. The highest BCUT2D eigenvalue weighted by Crippen LogP contribution is 2.21. The summed E-state index contributed by atoms with van der Waals surface area (Å²) >= 11 is 5.99. The minimum absolute atomic E-state index is 0.00714. The highest BCUT2D eigenvalue weighted by Gasteiger charge is 2.21. The summed E-state index contributed by atoms with van der Waals surface area (Å²) in [6.07, 6.45) is 2.08. The van der Waals surface area contributed by atoms with Crippen molar-refractivity contribution in [2.24, 2.45) is 0 Å². The van der Waals surface area contributed by atoms with Gasteiger partial charge in [-0.05, 0) is 31.0 Å². The lowest BCUT2D eigenvalue weighted by atomic mass is 10.1. The molecule has 0 fully saturated rings. The summed E-state index contributed by atoms with van der Waals surface area (Å²) in [6.45, 7) is 0.546. The molecule has 0 spiro atoms. The Morgan fingerprint density at radius 2 is 2.26 bits per heavy atom. The maximum absolute atomic E-state index is 12.5. The van der Waals surface area contributed by atoms with Crippen molar-refractivity contribution < 1.29 is 4.79 Å². The summed E-state index contributed by atoms with van der Waals surface area (Å²) in [7, 11) is 1.76. The van der Waals surface area contributed by atoms with Gasteiger partial charge in [-0.15, -0.1) is 0 Å². The Kier molecular flexibility index (Phi) is 4.38. The Morgan fingerprint density at radius 3 is 3.04 bits per heavy atom. The molecule has 23 heavy (non-hydrogen) atoms. The standard InChI is InChI=1S/C15H18ClN5O2/c1-17-12-4-2-9(16)8-11(12)14(22)18-10-3-5-13-19-20-15(23)21(13)7-6-10/h2,4,8,10,17H,3,5-7H2,1H3,(H,18,22)(H,20,23). The summed E-state index contributed by atoms with van der Waals surface area (Å²) in [5.74, 6) is 0.570. The van der Waals surface area contributed by atoms with Crippen molar-refractivity contribution >= 4 is 23.2 Å². The maximum Gasteiger partial charge on any atom is 0.343 e. The Hall–Kier alpha value is -2.28. The van der Waals surface area contributed by atoms with Crippen LogP contribution < -0.4 is 16.3 Å². The number of halogens is 1. The van der Waals surface area contributed by atoms with E-state index in [2.05, 4.69) is 20.8 Å². The van der Waals surface area contributed by atoms with E-state index in [0.29, 0.717) is 30.0 Å². The molecule has 1 atom stereocenters. The van der Waals surface area contributed by atoms with Crippen molar-refractivity contribution in [2.75, 3.05) is 12.4 Å². The number of aromatic nitrogens is 3. The van der Waals surface area contributed by atoms with E-state index in [4.69, 9.17) is 11.6 Å². The first-order chi connectivity index (χ1) is 11.1. The average molecular weight is 336 g/mol. The van der Waals surface area contributed by atoms with Gasteiger partial charge in [-0.25, -0.2) is 9.89 Å². The van der Waals surface area contributed by atoms with Crippen LogP contribution in [0.1, 0.15) is 29.0 Å². The topological polar surface area (TPSA) is 91.8 Å². The van der Waals surface area contributed by atoms with Gasteiger partial charge >= 0.3 is 5.69 Å². The number of carbonyl (C=O) groups is 1. The zero-order chi connectivity index (χ0) is 16.4. The molecule has 0 radical (unpaired) electrons. The third kappa shape index (κ3) is 3.24. The molecule has 0 aliphatic carbocycles. The van der Waals surface area contributed by atoms with Gasteiger partial charge in [0, 0.05) is 36.8 Å². The number of amides is 1. The van der Waals surface area contributed by atoms with Crippen LogP contribution in [0.2, 0.25) is 5.02 Å². The third-order valence-corrected chi connectivity index (χ3v) is 4.32. The fourth-order valence-electron chi connectivity index (χ4n) is 2.83. The second-order valence-electron chi connectivity index (χ2n) is 5.53. The number of rotatable bonds is 3. The van der Waals surface area contributed by atoms with Crippen LogP contribution in [0.5, 0.6) is 0 Å². The molecule has 1 aliphatic rings. The maximum atomic E-state index is 12.5. The molecule has 2 aromatic rings. The molecule has 1 aromatic heterocycles. The fourth-order valence-corrected chi connectivity index (χ4v) is 3.01. The number of H-pyrrole nitrogens is 1. The molecule has 1 unspecified atom stereocenters. The van der Waals surface area contributed by atoms with Crippen LogP contribution in [-0.4, -0.2) is 33.8 Å². The van der Waals surface area contributed by atoms with Gasteiger partial charge in [0.15, 0.2) is 0 Å². The summed E-state index contributed by atoms with van der Waals surface area (Å²) in [5.41, 5.74) is 1.05. The number of nitrogens with one attached hydrogen (secondary N) is 3. The smallest absolute Gasteiger partial charge is 0.343 e. The second-order valence-corrected chi connectivity index (χ2v) is 5.97. The lowest BCUT2D eigenvalue weighted by Gasteiger charge is -2.17. The molecule has 1 aromatic carbocycles. The van der Waals surface area contributed by atoms with Crippen LogP contribution in [0.25, 0.3) is 0 Å². The SMILES string of the molecule is CNc1ccc(Cl)cc1C(=O)NC1CCc2n[nH]c(=O)n2CC1. The fraction of sp³-hybridized carbons (Fsp3) is 0.400. The molecule has 2 heterocycles. The zero-order valence-corrected chi connectivity index (χ0v) is 13.5. The molecule has 1 amide bonds. The molecule has 7 nitrogen and oxygen atoms in total. The first-order valence-corrected chi connectivity index (χ1v) is 7.88. The van der Waals surface area contributed by atoms with E-state index in [1.54, 1.807) is 29.8 Å². The van der Waals surface area contributed by atoms with E-state index in [0.717, 1.165) is 17.9 Å². The molecular weight excluding hydrogens is 318 g/mol. The van der Waals surface area contributed by atoms with Crippen LogP contribution >= 0.6 is 11.6 Å². The van der Waals surface area contributed by atoms with E-state index >= 15 is 0 Å². The van der Waals surface area contributed by atoms with Gasteiger partial charge in [-0.2, -0.15) is 5.10 Å². The number of fused-ring (bicyclic) bond motifs is 1. The summed E-state index contributed by atoms with van der Waals surface area (Å²) < 4.78 is 1.63. The van der Waals surface area contributed by atoms with Gasteiger partial charge in [0.1, 0.15) is 5.82 Å². The van der Waals surface area contributed by atoms with Crippen molar-refractivity contribution in [1.29, 1.82) is 0 Å². The Morgan fingerprint density at radius 1 is 1.43 bits per heavy atom. The number of anilines is 1. The van der Waals surface area contributed by atoms with Gasteiger partial charge in [0.05, 0.1) is 5.56 Å². The summed E-state index contributed by atoms with van der Waals surface area (Å²) in [4.78, 5) is 24.2. The molecule has 0 saturated carbocycles. The molecular formula is C15H18ClN5O2. The lowest BCUT2D eigenvalue weighted by molar-refractivity contribution is 0.0933. The monoisotopic (exact) mass is 335 g/mol. The van der Waals surface area contributed by atoms with E-state index in [9.17, 15) is 9.59 Å². The van der Waals surface area contributed by atoms with Crippen LogP contribution in [0, 0.1) is 0 Å². The van der Waals surface area contributed by atoms with Gasteiger partial charge < -0.3 is 10.6 Å². The number of benzene rings is 1. The number of hydrogen-bond acceptors (Lipinski definition) is 4. The Bertz CT molecular complexity index is 782. The molecule has 122 valence electrons. The molecule has 3 rings (SSSR count). The van der Waals surface area contributed by atoms with E-state index in [1.807, 2.05) is 0 Å². The van der Waals surface area contributed by atoms with Crippen LogP contribution in [0.15, 0.2) is 23.0 Å². The Labute approximate surface area is 138 Å².